The Morgan fingerprint density at radius 1 is 0.833 bits per heavy atom. The highest BCUT2D eigenvalue weighted by Gasteiger charge is 2.28. The van der Waals surface area contributed by atoms with E-state index in [1.54, 1.807) is 0 Å². The highest BCUT2D eigenvalue weighted by Crippen LogP contribution is 2.30. The molecule has 0 amide bonds. The van der Waals surface area contributed by atoms with E-state index in [4.69, 9.17) is 0 Å². The number of hydrogen-bond donors (Lipinski definition) is 0. The van der Waals surface area contributed by atoms with Crippen molar-refractivity contribution < 1.29 is 0 Å². The zero-order chi connectivity index (χ0) is 8.86. The molecule has 0 aliphatic carbocycles. The van der Waals surface area contributed by atoms with Gasteiger partial charge in [0.05, 0.1) is 0 Å². The van der Waals surface area contributed by atoms with Crippen molar-refractivity contribution in [2.24, 2.45) is 0 Å². The molecule has 1 fully saturated rings. The first-order valence-electron chi connectivity index (χ1n) is 5.11. The van der Waals surface area contributed by atoms with Gasteiger partial charge in [-0.25, -0.2) is 0 Å². The average molecular weight is 180 g/mol. The Morgan fingerprint density at radius 3 is 1.75 bits per heavy atom. The third-order valence-electron chi connectivity index (χ3n) is 2.78. The Kier molecular flexibility index (Phi) is 3.80. The Balaban J connectivity index is 2.69. The van der Waals surface area contributed by atoms with Crippen molar-refractivity contribution in [1.29, 1.82) is 0 Å². The molecule has 0 spiro atoms. The predicted octanol–water partition coefficient (Wildman–Crippen LogP) is 3.85. The minimum atomic E-state index is -1.04. The number of rotatable bonds is 2. The van der Waals surface area contributed by atoms with Crippen molar-refractivity contribution in [3.05, 3.63) is 23.6 Å². The van der Waals surface area contributed by atoms with Crippen LogP contribution in [0.2, 0.25) is 12.1 Å². The molecule has 0 aromatic heterocycles. The van der Waals surface area contributed by atoms with Gasteiger partial charge in [-0.1, -0.05) is 54.9 Å². The quantitative estimate of drug-likeness (QED) is 0.566. The molecule has 0 atom stereocenters. The molecule has 0 aromatic rings. The molecule has 0 aromatic carbocycles. The van der Waals surface area contributed by atoms with Crippen molar-refractivity contribution in [1.82, 2.24) is 0 Å². The molecule has 12 heavy (non-hydrogen) atoms. The van der Waals surface area contributed by atoms with Crippen molar-refractivity contribution in [3.8, 4) is 0 Å². The summed E-state index contributed by atoms with van der Waals surface area (Å²) in [6.07, 6.45) is 8.90. The van der Waals surface area contributed by atoms with Gasteiger partial charge in [0.2, 0.25) is 0 Å². The van der Waals surface area contributed by atoms with Gasteiger partial charge in [0.15, 0.2) is 0 Å². The fourth-order valence-electron chi connectivity index (χ4n) is 2.26. The summed E-state index contributed by atoms with van der Waals surface area (Å²) in [7, 11) is -1.04. The van der Waals surface area contributed by atoms with E-state index in [-0.39, 0.29) is 0 Å². The number of hydrogen-bond acceptors (Lipinski definition) is 0. The molecule has 0 N–H and O–H groups in total. The highest BCUT2D eigenvalue weighted by atomic mass is 28.3. The molecule has 68 valence electrons. The van der Waals surface area contributed by atoms with Crippen LogP contribution < -0.4 is 0 Å². The van der Waals surface area contributed by atoms with Crippen LogP contribution in [-0.2, 0) is 0 Å². The van der Waals surface area contributed by atoms with Crippen LogP contribution in [0.15, 0.2) is 23.6 Å². The third kappa shape index (κ3) is 2.34. The molecular formula is C11H20Si. The second kappa shape index (κ2) is 4.66. The summed E-state index contributed by atoms with van der Waals surface area (Å²) in [6.45, 7) is 4.32. The van der Waals surface area contributed by atoms with Gasteiger partial charge < -0.3 is 0 Å². The molecule has 0 unspecified atom stereocenters. The van der Waals surface area contributed by atoms with E-state index in [0.29, 0.717) is 0 Å². The lowest BCUT2D eigenvalue weighted by atomic mass is 10.3. The summed E-state index contributed by atoms with van der Waals surface area (Å²) in [5, 5.41) is 0. The number of allylic oxidation sites excluding steroid dienone is 2. The minimum Gasteiger partial charge on any atom is -0.0952 e. The van der Waals surface area contributed by atoms with Crippen LogP contribution in [0.4, 0.5) is 0 Å². The summed E-state index contributed by atoms with van der Waals surface area (Å²) in [5.41, 5.74) is 5.04. The molecule has 0 radical (unpaired) electrons. The van der Waals surface area contributed by atoms with Gasteiger partial charge in [0, 0.05) is 0 Å². The Hall–Kier alpha value is -0.303. The van der Waals surface area contributed by atoms with Crippen LogP contribution in [0.1, 0.15) is 33.1 Å². The van der Waals surface area contributed by atoms with Gasteiger partial charge in [0.25, 0.3) is 0 Å². The zero-order valence-electron chi connectivity index (χ0n) is 8.34. The molecular weight excluding hydrogens is 160 g/mol. The van der Waals surface area contributed by atoms with Gasteiger partial charge in [-0.15, -0.1) is 0 Å². The smallest absolute Gasteiger partial charge is 0.0952 e. The summed E-state index contributed by atoms with van der Waals surface area (Å²) >= 11 is 0. The van der Waals surface area contributed by atoms with E-state index >= 15 is 0 Å². The molecule has 1 aliphatic rings. The minimum absolute atomic E-state index is 1.04. The fourth-order valence-corrected chi connectivity index (χ4v) is 6.43. The van der Waals surface area contributed by atoms with Gasteiger partial charge in [-0.2, -0.15) is 0 Å². The SMILES string of the molecule is C/C=C\[Si]1(/C=C\C)CCCCC1. The van der Waals surface area contributed by atoms with E-state index in [9.17, 15) is 0 Å². The molecule has 1 heteroatoms. The van der Waals surface area contributed by atoms with E-state index in [1.807, 2.05) is 0 Å². The van der Waals surface area contributed by atoms with Crippen LogP contribution >= 0.6 is 0 Å². The third-order valence-corrected chi connectivity index (χ3v) is 7.34. The second-order valence-corrected chi connectivity index (χ2v) is 7.93. The zero-order valence-corrected chi connectivity index (χ0v) is 9.34. The fraction of sp³-hybridized carbons (Fsp3) is 0.636. The van der Waals surface area contributed by atoms with Crippen LogP contribution in [-0.4, -0.2) is 8.07 Å². The molecule has 1 aliphatic heterocycles. The molecule has 1 rings (SSSR count). The first-order chi connectivity index (χ1) is 5.83. The topological polar surface area (TPSA) is 0 Å². The second-order valence-electron chi connectivity index (χ2n) is 3.79. The molecule has 1 saturated heterocycles. The maximum atomic E-state index is 2.52. The Bertz CT molecular complexity index is 159. The van der Waals surface area contributed by atoms with Crippen LogP contribution in [0.5, 0.6) is 0 Å². The lowest BCUT2D eigenvalue weighted by Crippen LogP contribution is -2.32. The summed E-state index contributed by atoms with van der Waals surface area (Å²) in [6, 6.07) is 2.98. The van der Waals surface area contributed by atoms with Crippen molar-refractivity contribution in [3.63, 3.8) is 0 Å². The average Bonchev–Trinajstić information content (AvgIpc) is 2.07. The maximum Gasteiger partial charge on any atom is 0.101 e. The predicted molar refractivity (Wildman–Crippen MR) is 58.8 cm³/mol. The largest absolute Gasteiger partial charge is 0.101 e. The lowest BCUT2D eigenvalue weighted by Gasteiger charge is -2.29. The van der Waals surface area contributed by atoms with Gasteiger partial charge in [-0.3, -0.25) is 0 Å². The van der Waals surface area contributed by atoms with E-state index in [1.165, 1.54) is 31.4 Å². The first-order valence-corrected chi connectivity index (χ1v) is 7.67. The van der Waals surface area contributed by atoms with Crippen LogP contribution in [0, 0.1) is 0 Å². The van der Waals surface area contributed by atoms with Gasteiger partial charge in [-0.05, 0) is 13.8 Å². The van der Waals surface area contributed by atoms with Crippen molar-refractivity contribution in [2.45, 2.75) is 45.2 Å². The summed E-state index contributed by atoms with van der Waals surface area (Å²) in [4.78, 5) is 0. The summed E-state index contributed by atoms with van der Waals surface area (Å²) < 4.78 is 0. The Labute approximate surface area is 77.4 Å². The van der Waals surface area contributed by atoms with Crippen molar-refractivity contribution >= 4 is 8.07 Å². The first kappa shape index (κ1) is 9.78. The Morgan fingerprint density at radius 2 is 1.33 bits per heavy atom. The normalized spacial score (nSPS) is 23.8. The monoisotopic (exact) mass is 180 g/mol. The van der Waals surface area contributed by atoms with Gasteiger partial charge >= 0.3 is 0 Å². The molecule has 0 saturated carbocycles. The van der Waals surface area contributed by atoms with Gasteiger partial charge in [0.1, 0.15) is 8.07 Å². The highest BCUT2D eigenvalue weighted by molar-refractivity contribution is 6.89. The van der Waals surface area contributed by atoms with Crippen LogP contribution in [0.25, 0.3) is 0 Å². The van der Waals surface area contributed by atoms with E-state index in [2.05, 4.69) is 37.4 Å². The van der Waals surface area contributed by atoms with E-state index in [0.717, 1.165) is 0 Å². The van der Waals surface area contributed by atoms with Crippen molar-refractivity contribution in [2.75, 3.05) is 0 Å². The molecule has 1 heterocycles. The molecule has 0 nitrogen and oxygen atoms in total. The molecule has 0 bridgehead atoms. The summed E-state index contributed by atoms with van der Waals surface area (Å²) in [5.74, 6) is 0. The van der Waals surface area contributed by atoms with Crippen LogP contribution in [0.3, 0.4) is 0 Å². The van der Waals surface area contributed by atoms with E-state index < -0.39 is 8.07 Å². The standard InChI is InChI=1S/C11H20Si/c1-3-8-12(9-4-2)10-6-5-7-11-12/h3-4,8-9H,5-7,10-11H2,1-2H3/b8-3-,9-4-. The lowest BCUT2D eigenvalue weighted by molar-refractivity contribution is 0.719. The maximum absolute atomic E-state index is 2.52.